The van der Waals surface area contributed by atoms with Gasteiger partial charge in [0.15, 0.2) is 0 Å². The zero-order chi connectivity index (χ0) is 13.3. The molecule has 0 aliphatic heterocycles. The molecule has 1 aromatic rings. The molecule has 0 saturated heterocycles. The first kappa shape index (κ1) is 12.8. The Morgan fingerprint density at radius 3 is 2.44 bits per heavy atom. The molecule has 18 heavy (non-hydrogen) atoms. The Morgan fingerprint density at radius 2 is 1.94 bits per heavy atom. The van der Waals surface area contributed by atoms with Gasteiger partial charge in [0.1, 0.15) is 23.5 Å². The van der Waals surface area contributed by atoms with Crippen LogP contribution in [0.4, 0.5) is 8.78 Å². The van der Waals surface area contributed by atoms with Crippen molar-refractivity contribution in [2.75, 3.05) is 0 Å². The Hall–Kier alpha value is -1.69. The molecule has 0 aromatic heterocycles. The van der Waals surface area contributed by atoms with Crippen molar-refractivity contribution in [1.82, 2.24) is 0 Å². The number of hydrogen-bond acceptors (Lipinski definition) is 3. The van der Waals surface area contributed by atoms with Gasteiger partial charge in [0, 0.05) is 24.6 Å². The number of nitrogens with two attached hydrogens (primary N) is 2. The van der Waals surface area contributed by atoms with Gasteiger partial charge in [-0.3, -0.25) is 4.79 Å². The van der Waals surface area contributed by atoms with Gasteiger partial charge in [0.2, 0.25) is 5.91 Å². The molecule has 1 amide bonds. The molecule has 1 aliphatic rings. The maximum Gasteiger partial charge on any atom is 0.237 e. The van der Waals surface area contributed by atoms with Gasteiger partial charge in [-0.2, -0.15) is 0 Å². The van der Waals surface area contributed by atoms with Crippen LogP contribution in [0, 0.1) is 11.6 Å². The summed E-state index contributed by atoms with van der Waals surface area (Å²) in [6.45, 7) is 0. The summed E-state index contributed by atoms with van der Waals surface area (Å²) in [5, 5.41) is 0. The van der Waals surface area contributed by atoms with Gasteiger partial charge in [-0.05, 0) is 12.8 Å². The van der Waals surface area contributed by atoms with Gasteiger partial charge in [-0.15, -0.1) is 0 Å². The van der Waals surface area contributed by atoms with Gasteiger partial charge in [-0.25, -0.2) is 8.78 Å². The third-order valence-electron chi connectivity index (χ3n) is 3.13. The molecule has 1 aromatic carbocycles. The minimum Gasteiger partial charge on any atom is -0.490 e. The van der Waals surface area contributed by atoms with E-state index in [9.17, 15) is 13.6 Å². The first-order valence-electron chi connectivity index (χ1n) is 5.60. The van der Waals surface area contributed by atoms with Crippen molar-refractivity contribution in [1.29, 1.82) is 0 Å². The van der Waals surface area contributed by atoms with Crippen LogP contribution < -0.4 is 16.2 Å². The van der Waals surface area contributed by atoms with Gasteiger partial charge < -0.3 is 16.2 Å². The Kier molecular flexibility index (Phi) is 3.21. The van der Waals surface area contributed by atoms with Gasteiger partial charge in [0.25, 0.3) is 0 Å². The topological polar surface area (TPSA) is 78.3 Å². The van der Waals surface area contributed by atoms with E-state index >= 15 is 0 Å². The van der Waals surface area contributed by atoms with E-state index in [2.05, 4.69) is 0 Å². The SMILES string of the molecule is NC(=O)C1(N)CCC(Oc2cc(F)cc(F)c2)C1. The molecule has 6 heteroatoms. The molecule has 4 nitrogen and oxygen atoms in total. The largest absolute Gasteiger partial charge is 0.490 e. The van der Waals surface area contributed by atoms with E-state index in [1.165, 1.54) is 0 Å². The molecule has 2 atom stereocenters. The third-order valence-corrected chi connectivity index (χ3v) is 3.13. The van der Waals surface area contributed by atoms with E-state index in [0.29, 0.717) is 12.8 Å². The summed E-state index contributed by atoms with van der Waals surface area (Å²) in [7, 11) is 0. The minimum atomic E-state index is -1.09. The first-order valence-corrected chi connectivity index (χ1v) is 5.60. The lowest BCUT2D eigenvalue weighted by atomic mass is 9.99. The van der Waals surface area contributed by atoms with E-state index < -0.39 is 23.1 Å². The minimum absolute atomic E-state index is 0.0891. The fourth-order valence-corrected chi connectivity index (χ4v) is 2.14. The number of primary amides is 1. The first-order chi connectivity index (χ1) is 8.39. The van der Waals surface area contributed by atoms with Gasteiger partial charge in [0.05, 0.1) is 5.54 Å². The van der Waals surface area contributed by atoms with Crippen molar-refractivity contribution in [3.63, 3.8) is 0 Å². The quantitative estimate of drug-likeness (QED) is 0.849. The second-order valence-electron chi connectivity index (χ2n) is 4.61. The van der Waals surface area contributed by atoms with Crippen LogP contribution in [0.25, 0.3) is 0 Å². The standard InChI is InChI=1S/C12H14F2N2O2/c13-7-3-8(14)5-10(4-7)18-9-1-2-12(16,6-9)11(15)17/h3-5,9H,1-2,6,16H2,(H2,15,17). The molecular weight excluding hydrogens is 242 g/mol. The Morgan fingerprint density at radius 1 is 1.33 bits per heavy atom. The van der Waals surface area contributed by atoms with Crippen molar-refractivity contribution in [2.45, 2.75) is 30.9 Å². The van der Waals surface area contributed by atoms with E-state index in [0.717, 1.165) is 18.2 Å². The molecule has 98 valence electrons. The molecule has 4 N–H and O–H groups in total. The summed E-state index contributed by atoms with van der Waals surface area (Å²) in [4.78, 5) is 11.2. The molecule has 1 saturated carbocycles. The molecule has 2 rings (SSSR count). The Bertz CT molecular complexity index is 461. The summed E-state index contributed by atoms with van der Waals surface area (Å²) in [5.74, 6) is -1.92. The highest BCUT2D eigenvalue weighted by Crippen LogP contribution is 2.31. The highest BCUT2D eigenvalue weighted by molar-refractivity contribution is 5.84. The van der Waals surface area contributed by atoms with E-state index in [4.69, 9.17) is 16.2 Å². The lowest BCUT2D eigenvalue weighted by molar-refractivity contribution is -0.123. The summed E-state index contributed by atoms with van der Waals surface area (Å²) >= 11 is 0. The highest BCUT2D eigenvalue weighted by Gasteiger charge is 2.41. The smallest absolute Gasteiger partial charge is 0.237 e. The van der Waals surface area contributed by atoms with E-state index in [1.54, 1.807) is 0 Å². The van der Waals surface area contributed by atoms with Crippen molar-refractivity contribution >= 4 is 5.91 Å². The molecular formula is C12H14F2N2O2. The maximum atomic E-state index is 13.0. The van der Waals surface area contributed by atoms with E-state index in [1.807, 2.05) is 0 Å². The number of carbonyl (C=O) groups excluding carboxylic acids is 1. The van der Waals surface area contributed by atoms with Crippen LogP contribution in [0.5, 0.6) is 5.75 Å². The zero-order valence-corrected chi connectivity index (χ0v) is 9.66. The fourth-order valence-electron chi connectivity index (χ4n) is 2.14. The Labute approximate surface area is 103 Å². The second kappa shape index (κ2) is 4.53. The second-order valence-corrected chi connectivity index (χ2v) is 4.61. The summed E-state index contributed by atoms with van der Waals surface area (Å²) in [6, 6.07) is 2.94. The summed E-state index contributed by atoms with van der Waals surface area (Å²) < 4.78 is 31.3. The maximum absolute atomic E-state index is 13.0. The third kappa shape index (κ3) is 2.59. The van der Waals surface area contributed by atoms with Crippen LogP contribution in [0.3, 0.4) is 0 Å². The summed E-state index contributed by atoms with van der Waals surface area (Å²) in [6.07, 6.45) is 0.826. The van der Waals surface area contributed by atoms with Crippen molar-refractivity contribution in [2.24, 2.45) is 11.5 Å². The monoisotopic (exact) mass is 256 g/mol. The molecule has 1 aliphatic carbocycles. The lowest BCUT2D eigenvalue weighted by Gasteiger charge is -2.19. The molecule has 2 unspecified atom stereocenters. The molecule has 0 heterocycles. The van der Waals surface area contributed by atoms with Crippen molar-refractivity contribution in [3.8, 4) is 5.75 Å². The van der Waals surface area contributed by atoms with Crippen molar-refractivity contribution in [3.05, 3.63) is 29.8 Å². The van der Waals surface area contributed by atoms with Crippen molar-refractivity contribution < 1.29 is 18.3 Å². The molecule has 0 bridgehead atoms. The number of rotatable bonds is 3. The van der Waals surface area contributed by atoms with Gasteiger partial charge >= 0.3 is 0 Å². The normalized spacial score (nSPS) is 27.2. The number of carbonyl (C=O) groups is 1. The average Bonchev–Trinajstić information content (AvgIpc) is 2.60. The van der Waals surface area contributed by atoms with E-state index in [-0.39, 0.29) is 18.3 Å². The van der Waals surface area contributed by atoms with Gasteiger partial charge in [-0.1, -0.05) is 0 Å². The lowest BCUT2D eigenvalue weighted by Crippen LogP contribution is -2.50. The van der Waals surface area contributed by atoms with Crippen LogP contribution in [-0.2, 0) is 4.79 Å². The number of hydrogen-bond donors (Lipinski definition) is 2. The van der Waals surface area contributed by atoms with Crippen LogP contribution in [0.2, 0.25) is 0 Å². The van der Waals surface area contributed by atoms with Crippen LogP contribution in [0.15, 0.2) is 18.2 Å². The fraction of sp³-hybridized carbons (Fsp3) is 0.417. The molecule has 1 fully saturated rings. The number of amides is 1. The predicted octanol–water partition coefficient (Wildman–Crippen LogP) is 1.08. The zero-order valence-electron chi connectivity index (χ0n) is 9.66. The predicted molar refractivity (Wildman–Crippen MR) is 60.7 cm³/mol. The average molecular weight is 256 g/mol. The van der Waals surface area contributed by atoms with Crippen LogP contribution >= 0.6 is 0 Å². The molecule has 0 radical (unpaired) electrons. The number of halogens is 2. The number of ether oxygens (including phenoxy) is 1. The highest BCUT2D eigenvalue weighted by atomic mass is 19.1. The summed E-state index contributed by atoms with van der Waals surface area (Å²) in [5.41, 5.74) is 9.91. The number of benzene rings is 1. The van der Waals surface area contributed by atoms with Crippen LogP contribution in [0.1, 0.15) is 19.3 Å². The van der Waals surface area contributed by atoms with Crippen LogP contribution in [-0.4, -0.2) is 17.6 Å². The molecule has 0 spiro atoms. The Balaban J connectivity index is 2.06.